The summed E-state index contributed by atoms with van der Waals surface area (Å²) in [6.45, 7) is 7.82. The molecule has 178 valence electrons. The van der Waals surface area contributed by atoms with Gasteiger partial charge in [-0.2, -0.15) is 4.31 Å². The Labute approximate surface area is 200 Å². The number of hydrogen-bond donors (Lipinski definition) is 2. The fourth-order valence-electron chi connectivity index (χ4n) is 3.87. The zero-order valence-electron chi connectivity index (χ0n) is 19.3. The topological polar surface area (TPSA) is 95.6 Å². The normalized spacial score (nSPS) is 17.1. The standard InChI is InChI=1S/C24H30ClN3O4S/c1-15(2)26-23(29)18-9-11-21(25)22(13-18)27-24(30)20-14-19(10-8-16(20)3)33(31,32)28-12-6-5-7-17(28)4/h8-11,13-15,17H,5-7,12H2,1-4H3,(H,26,29)(H,27,30). The van der Waals surface area contributed by atoms with Gasteiger partial charge in [-0.1, -0.05) is 24.1 Å². The van der Waals surface area contributed by atoms with Crippen molar-refractivity contribution in [2.45, 2.75) is 63.9 Å². The number of rotatable bonds is 6. The summed E-state index contributed by atoms with van der Waals surface area (Å²) in [6.07, 6.45) is 2.64. The Kier molecular flexibility index (Phi) is 7.82. The van der Waals surface area contributed by atoms with Crippen LogP contribution in [-0.4, -0.2) is 43.2 Å². The van der Waals surface area contributed by atoms with Crippen molar-refractivity contribution in [2.24, 2.45) is 0 Å². The average molecular weight is 492 g/mol. The van der Waals surface area contributed by atoms with Gasteiger partial charge in [-0.3, -0.25) is 9.59 Å². The number of piperidine rings is 1. The fourth-order valence-corrected chi connectivity index (χ4v) is 5.76. The molecule has 0 radical (unpaired) electrons. The van der Waals surface area contributed by atoms with Crippen molar-refractivity contribution in [3.05, 3.63) is 58.1 Å². The van der Waals surface area contributed by atoms with Gasteiger partial charge in [-0.15, -0.1) is 0 Å². The lowest BCUT2D eigenvalue weighted by Crippen LogP contribution is -2.42. The Morgan fingerprint density at radius 1 is 1.09 bits per heavy atom. The number of sulfonamides is 1. The minimum Gasteiger partial charge on any atom is -0.350 e. The van der Waals surface area contributed by atoms with E-state index in [0.717, 1.165) is 19.3 Å². The summed E-state index contributed by atoms with van der Waals surface area (Å²) in [5, 5.41) is 5.79. The third kappa shape index (κ3) is 5.75. The number of carbonyl (C=O) groups excluding carboxylic acids is 2. The molecule has 7 nitrogen and oxygen atoms in total. The Morgan fingerprint density at radius 3 is 2.48 bits per heavy atom. The largest absolute Gasteiger partial charge is 0.350 e. The second kappa shape index (κ2) is 10.2. The van der Waals surface area contributed by atoms with E-state index in [9.17, 15) is 18.0 Å². The highest BCUT2D eigenvalue weighted by Crippen LogP contribution is 2.28. The van der Waals surface area contributed by atoms with E-state index in [1.54, 1.807) is 19.1 Å². The molecule has 0 saturated carbocycles. The molecule has 2 amide bonds. The van der Waals surface area contributed by atoms with Gasteiger partial charge in [0.25, 0.3) is 11.8 Å². The van der Waals surface area contributed by atoms with Crippen molar-refractivity contribution in [1.29, 1.82) is 0 Å². The molecule has 0 bridgehead atoms. The molecule has 1 fully saturated rings. The number of nitrogens with one attached hydrogen (secondary N) is 2. The van der Waals surface area contributed by atoms with Crippen LogP contribution in [0, 0.1) is 6.92 Å². The van der Waals surface area contributed by atoms with Crippen molar-refractivity contribution in [3.8, 4) is 0 Å². The van der Waals surface area contributed by atoms with Crippen LogP contribution < -0.4 is 10.6 Å². The second-order valence-corrected chi connectivity index (χ2v) is 11.0. The van der Waals surface area contributed by atoms with Crippen molar-refractivity contribution >= 4 is 39.1 Å². The quantitative estimate of drug-likeness (QED) is 0.617. The summed E-state index contributed by atoms with van der Waals surface area (Å²) in [5.74, 6) is -0.781. The number of benzene rings is 2. The lowest BCUT2D eigenvalue weighted by Gasteiger charge is -2.32. The van der Waals surface area contributed by atoms with Gasteiger partial charge in [0.2, 0.25) is 10.0 Å². The van der Waals surface area contributed by atoms with E-state index in [1.807, 2.05) is 20.8 Å². The Balaban J connectivity index is 1.89. The highest BCUT2D eigenvalue weighted by Gasteiger charge is 2.31. The van der Waals surface area contributed by atoms with Crippen molar-refractivity contribution in [1.82, 2.24) is 9.62 Å². The smallest absolute Gasteiger partial charge is 0.256 e. The van der Waals surface area contributed by atoms with Crippen molar-refractivity contribution < 1.29 is 18.0 Å². The van der Waals surface area contributed by atoms with Crippen LogP contribution in [0.25, 0.3) is 0 Å². The van der Waals surface area contributed by atoms with Crippen LogP contribution in [0.2, 0.25) is 5.02 Å². The monoisotopic (exact) mass is 491 g/mol. The van der Waals surface area contributed by atoms with Gasteiger partial charge in [-0.25, -0.2) is 8.42 Å². The molecule has 33 heavy (non-hydrogen) atoms. The molecule has 1 unspecified atom stereocenters. The molecule has 2 aromatic carbocycles. The van der Waals surface area contributed by atoms with Crippen LogP contribution >= 0.6 is 11.6 Å². The molecule has 1 atom stereocenters. The molecule has 1 heterocycles. The summed E-state index contributed by atoms with van der Waals surface area (Å²) in [7, 11) is -3.72. The van der Waals surface area contributed by atoms with Crippen molar-refractivity contribution in [2.75, 3.05) is 11.9 Å². The molecule has 1 saturated heterocycles. The van der Waals surface area contributed by atoms with Gasteiger partial charge in [0, 0.05) is 29.8 Å². The molecule has 3 rings (SSSR count). The molecule has 1 aliphatic heterocycles. The summed E-state index contributed by atoms with van der Waals surface area (Å²) in [5.41, 5.74) is 1.49. The van der Waals surface area contributed by atoms with E-state index in [0.29, 0.717) is 17.7 Å². The molecular formula is C24H30ClN3O4S. The Bertz CT molecular complexity index is 1160. The first-order valence-corrected chi connectivity index (χ1v) is 12.9. The number of hydrogen-bond acceptors (Lipinski definition) is 4. The molecule has 2 N–H and O–H groups in total. The number of aryl methyl sites for hydroxylation is 1. The highest BCUT2D eigenvalue weighted by atomic mass is 35.5. The predicted molar refractivity (Wildman–Crippen MR) is 130 cm³/mol. The highest BCUT2D eigenvalue weighted by molar-refractivity contribution is 7.89. The first-order chi connectivity index (χ1) is 15.5. The molecule has 0 aliphatic carbocycles. The number of amides is 2. The van der Waals surface area contributed by atoms with Crippen LogP contribution in [0.3, 0.4) is 0 Å². The molecule has 2 aromatic rings. The molecule has 1 aliphatic rings. The van der Waals surface area contributed by atoms with Crippen LogP contribution in [-0.2, 0) is 10.0 Å². The minimum absolute atomic E-state index is 0.0406. The van der Waals surface area contributed by atoms with Crippen LogP contribution in [0.15, 0.2) is 41.3 Å². The SMILES string of the molecule is Cc1ccc(S(=O)(=O)N2CCCCC2C)cc1C(=O)Nc1cc(C(=O)NC(C)C)ccc1Cl. The number of halogens is 1. The van der Waals surface area contributed by atoms with E-state index < -0.39 is 15.9 Å². The Hall–Kier alpha value is -2.42. The van der Waals surface area contributed by atoms with E-state index >= 15 is 0 Å². The van der Waals surface area contributed by atoms with Crippen molar-refractivity contribution in [3.63, 3.8) is 0 Å². The van der Waals surface area contributed by atoms with E-state index in [4.69, 9.17) is 11.6 Å². The molecule has 9 heteroatoms. The van der Waals surface area contributed by atoms with Gasteiger partial charge in [0.05, 0.1) is 15.6 Å². The Morgan fingerprint density at radius 2 is 1.82 bits per heavy atom. The van der Waals surface area contributed by atoms with Gasteiger partial charge < -0.3 is 10.6 Å². The van der Waals surface area contributed by atoms with E-state index in [2.05, 4.69) is 10.6 Å². The third-order valence-electron chi connectivity index (χ3n) is 5.70. The third-order valence-corrected chi connectivity index (χ3v) is 8.04. The summed E-state index contributed by atoms with van der Waals surface area (Å²) in [6, 6.07) is 9.07. The van der Waals surface area contributed by atoms with Crippen LogP contribution in [0.1, 0.15) is 66.3 Å². The van der Waals surface area contributed by atoms with Crippen LogP contribution in [0.5, 0.6) is 0 Å². The second-order valence-electron chi connectivity index (χ2n) is 8.71. The lowest BCUT2D eigenvalue weighted by atomic mass is 10.1. The first-order valence-electron chi connectivity index (χ1n) is 11.0. The van der Waals surface area contributed by atoms with Gasteiger partial charge in [0.15, 0.2) is 0 Å². The minimum atomic E-state index is -3.72. The molecule has 0 spiro atoms. The van der Waals surface area contributed by atoms with Crippen LogP contribution in [0.4, 0.5) is 5.69 Å². The summed E-state index contributed by atoms with van der Waals surface area (Å²) in [4.78, 5) is 25.5. The van der Waals surface area contributed by atoms with E-state index in [1.165, 1.54) is 28.6 Å². The lowest BCUT2D eigenvalue weighted by molar-refractivity contribution is 0.0941. The number of nitrogens with zero attached hydrogens (tertiary/aromatic N) is 1. The predicted octanol–water partition coefficient (Wildman–Crippen LogP) is 4.60. The average Bonchev–Trinajstić information content (AvgIpc) is 2.75. The molecule has 0 aromatic heterocycles. The molecular weight excluding hydrogens is 462 g/mol. The maximum absolute atomic E-state index is 13.2. The summed E-state index contributed by atoms with van der Waals surface area (Å²) >= 11 is 6.25. The number of anilines is 1. The van der Waals surface area contributed by atoms with Gasteiger partial charge in [-0.05, 0) is 76.4 Å². The fraction of sp³-hybridized carbons (Fsp3) is 0.417. The van der Waals surface area contributed by atoms with Gasteiger partial charge >= 0.3 is 0 Å². The summed E-state index contributed by atoms with van der Waals surface area (Å²) < 4.78 is 28.0. The van der Waals surface area contributed by atoms with Gasteiger partial charge in [0.1, 0.15) is 0 Å². The zero-order valence-corrected chi connectivity index (χ0v) is 20.9. The maximum Gasteiger partial charge on any atom is 0.256 e. The first kappa shape index (κ1) is 25.2. The number of carbonyl (C=O) groups is 2. The maximum atomic E-state index is 13.2. The zero-order chi connectivity index (χ0) is 24.3. The van der Waals surface area contributed by atoms with E-state index in [-0.39, 0.29) is 39.2 Å².